The molecule has 0 aliphatic rings. The topological polar surface area (TPSA) is 70.6 Å². The Morgan fingerprint density at radius 3 is 2.40 bits per heavy atom. The molecule has 0 saturated carbocycles. The molecule has 0 N–H and O–H groups in total. The quantitative estimate of drug-likeness (QED) is 0.729. The third-order valence-corrected chi connectivity index (χ3v) is 3.56. The maximum absolute atomic E-state index is 13.1. The van der Waals surface area contributed by atoms with E-state index in [-0.39, 0.29) is 18.0 Å². The molecular weight excluding hydrogens is 333 g/mol. The Bertz CT molecular complexity index is 951. The van der Waals surface area contributed by atoms with Gasteiger partial charge < -0.3 is 9.47 Å². The van der Waals surface area contributed by atoms with Gasteiger partial charge in [-0.15, -0.1) is 0 Å². The summed E-state index contributed by atoms with van der Waals surface area (Å²) in [6.45, 7) is 0.281. The SMILES string of the molecule is CN(C)c1nc(C(F)(F)F)nc2c1ncn2Cc1ccc(C#N)cc1. The number of nitrogens with zero attached hydrogens (tertiary/aromatic N) is 6. The Morgan fingerprint density at radius 2 is 1.84 bits per heavy atom. The van der Waals surface area contributed by atoms with Crippen molar-refractivity contribution in [1.29, 1.82) is 5.26 Å². The Morgan fingerprint density at radius 1 is 1.16 bits per heavy atom. The minimum absolute atomic E-state index is 0.107. The second-order valence-corrected chi connectivity index (χ2v) is 5.62. The number of rotatable bonds is 3. The van der Waals surface area contributed by atoms with Crippen LogP contribution in [0.3, 0.4) is 0 Å². The van der Waals surface area contributed by atoms with Crippen molar-refractivity contribution in [2.24, 2.45) is 0 Å². The fourth-order valence-corrected chi connectivity index (χ4v) is 2.37. The molecule has 0 spiro atoms. The molecule has 0 bridgehead atoms. The average molecular weight is 346 g/mol. The van der Waals surface area contributed by atoms with E-state index < -0.39 is 12.0 Å². The van der Waals surface area contributed by atoms with Gasteiger partial charge in [-0.2, -0.15) is 18.4 Å². The van der Waals surface area contributed by atoms with E-state index in [1.165, 1.54) is 15.8 Å². The second kappa shape index (κ2) is 6.05. The van der Waals surface area contributed by atoms with Crippen molar-refractivity contribution in [1.82, 2.24) is 19.5 Å². The first kappa shape index (κ1) is 16.7. The first-order valence-corrected chi connectivity index (χ1v) is 7.26. The van der Waals surface area contributed by atoms with Crippen molar-refractivity contribution in [3.63, 3.8) is 0 Å². The minimum atomic E-state index is -4.65. The summed E-state index contributed by atoms with van der Waals surface area (Å²) in [7, 11) is 3.20. The molecule has 25 heavy (non-hydrogen) atoms. The zero-order chi connectivity index (χ0) is 18.2. The van der Waals surface area contributed by atoms with Gasteiger partial charge in [0.05, 0.1) is 24.5 Å². The maximum atomic E-state index is 13.1. The molecule has 3 rings (SSSR count). The van der Waals surface area contributed by atoms with Gasteiger partial charge in [-0.05, 0) is 17.7 Å². The number of benzene rings is 1. The van der Waals surface area contributed by atoms with E-state index in [4.69, 9.17) is 5.26 Å². The van der Waals surface area contributed by atoms with Crippen LogP contribution in [-0.2, 0) is 12.7 Å². The summed E-state index contributed by atoms with van der Waals surface area (Å²) >= 11 is 0. The van der Waals surface area contributed by atoms with Crippen LogP contribution >= 0.6 is 0 Å². The highest BCUT2D eigenvalue weighted by Crippen LogP contribution is 2.30. The van der Waals surface area contributed by atoms with Gasteiger partial charge in [-0.25, -0.2) is 15.0 Å². The summed E-state index contributed by atoms with van der Waals surface area (Å²) in [5.41, 5.74) is 1.73. The number of imidazole rings is 1. The molecule has 9 heteroatoms. The van der Waals surface area contributed by atoms with E-state index in [2.05, 4.69) is 15.0 Å². The van der Waals surface area contributed by atoms with Gasteiger partial charge in [0.2, 0.25) is 5.82 Å². The predicted molar refractivity (Wildman–Crippen MR) is 84.9 cm³/mol. The van der Waals surface area contributed by atoms with Crippen LogP contribution in [0.15, 0.2) is 30.6 Å². The van der Waals surface area contributed by atoms with Crippen LogP contribution in [0.2, 0.25) is 0 Å². The molecule has 0 fully saturated rings. The number of nitriles is 1. The highest BCUT2D eigenvalue weighted by atomic mass is 19.4. The predicted octanol–water partition coefficient (Wildman–Crippen LogP) is 2.83. The molecule has 1 aromatic carbocycles. The summed E-state index contributed by atoms with van der Waals surface area (Å²) in [6, 6.07) is 8.79. The van der Waals surface area contributed by atoms with E-state index in [1.807, 2.05) is 6.07 Å². The van der Waals surface area contributed by atoms with Crippen LogP contribution in [-0.4, -0.2) is 33.6 Å². The van der Waals surface area contributed by atoms with Crippen LogP contribution < -0.4 is 4.90 Å². The summed E-state index contributed by atoms with van der Waals surface area (Å²) in [6.07, 6.45) is -3.22. The van der Waals surface area contributed by atoms with Gasteiger partial charge >= 0.3 is 6.18 Å². The fraction of sp³-hybridized carbons (Fsp3) is 0.250. The first-order valence-electron chi connectivity index (χ1n) is 7.26. The summed E-state index contributed by atoms with van der Waals surface area (Å²) in [4.78, 5) is 12.9. The number of hydrogen-bond acceptors (Lipinski definition) is 5. The van der Waals surface area contributed by atoms with Crippen molar-refractivity contribution < 1.29 is 13.2 Å². The van der Waals surface area contributed by atoms with Gasteiger partial charge in [0.15, 0.2) is 17.0 Å². The Balaban J connectivity index is 2.09. The average Bonchev–Trinajstić information content (AvgIpc) is 2.96. The number of anilines is 1. The van der Waals surface area contributed by atoms with Crippen molar-refractivity contribution >= 4 is 17.0 Å². The van der Waals surface area contributed by atoms with Crippen molar-refractivity contribution in [2.75, 3.05) is 19.0 Å². The van der Waals surface area contributed by atoms with E-state index >= 15 is 0 Å². The molecule has 6 nitrogen and oxygen atoms in total. The summed E-state index contributed by atoms with van der Waals surface area (Å²) in [5.74, 6) is -1.10. The van der Waals surface area contributed by atoms with Crippen LogP contribution in [0, 0.1) is 11.3 Å². The number of aromatic nitrogens is 4. The van der Waals surface area contributed by atoms with Crippen molar-refractivity contribution in [3.05, 3.63) is 47.5 Å². The molecule has 0 saturated heterocycles. The zero-order valence-corrected chi connectivity index (χ0v) is 13.4. The Kier molecular flexibility index (Phi) is 4.04. The van der Waals surface area contributed by atoms with Crippen molar-refractivity contribution in [3.8, 4) is 6.07 Å². The molecule has 0 amide bonds. The van der Waals surface area contributed by atoms with Crippen LogP contribution in [0.4, 0.5) is 19.0 Å². The lowest BCUT2D eigenvalue weighted by Crippen LogP contribution is -2.18. The summed E-state index contributed by atoms with van der Waals surface area (Å²) in [5, 5.41) is 8.82. The number of halogens is 3. The van der Waals surface area contributed by atoms with Gasteiger partial charge in [0.1, 0.15) is 0 Å². The summed E-state index contributed by atoms with van der Waals surface area (Å²) < 4.78 is 40.8. The molecule has 0 unspecified atom stereocenters. The van der Waals surface area contributed by atoms with E-state index in [1.54, 1.807) is 38.4 Å². The van der Waals surface area contributed by atoms with Gasteiger partial charge in [-0.1, -0.05) is 12.1 Å². The molecule has 2 heterocycles. The lowest BCUT2D eigenvalue weighted by Gasteiger charge is -2.14. The number of hydrogen-bond donors (Lipinski definition) is 0. The number of alkyl halides is 3. The molecule has 2 aromatic heterocycles. The van der Waals surface area contributed by atoms with Gasteiger partial charge in [-0.3, -0.25) is 0 Å². The third-order valence-electron chi connectivity index (χ3n) is 3.56. The highest BCUT2D eigenvalue weighted by Gasteiger charge is 2.36. The molecule has 0 radical (unpaired) electrons. The van der Waals surface area contributed by atoms with Crippen LogP contribution in [0.25, 0.3) is 11.2 Å². The largest absolute Gasteiger partial charge is 0.451 e. The lowest BCUT2D eigenvalue weighted by atomic mass is 10.1. The molecule has 0 aliphatic heterocycles. The standard InChI is InChI=1S/C16H13F3N6/c1-24(2)13-12-14(23-15(22-13)16(17,18)19)25(9-21-12)8-11-5-3-10(7-20)4-6-11/h3-6,9H,8H2,1-2H3. The molecule has 0 aliphatic carbocycles. The zero-order valence-electron chi connectivity index (χ0n) is 13.4. The van der Waals surface area contributed by atoms with Crippen LogP contribution in [0.5, 0.6) is 0 Å². The Hall–Kier alpha value is -3.15. The monoisotopic (exact) mass is 346 g/mol. The fourth-order valence-electron chi connectivity index (χ4n) is 2.37. The molecular formula is C16H13F3N6. The van der Waals surface area contributed by atoms with Crippen molar-refractivity contribution in [2.45, 2.75) is 12.7 Å². The lowest BCUT2D eigenvalue weighted by molar-refractivity contribution is -0.144. The van der Waals surface area contributed by atoms with E-state index in [0.29, 0.717) is 11.1 Å². The van der Waals surface area contributed by atoms with Gasteiger partial charge in [0.25, 0.3) is 0 Å². The smallest absolute Gasteiger partial charge is 0.361 e. The van der Waals surface area contributed by atoms with E-state index in [0.717, 1.165) is 5.56 Å². The Labute approximate surface area is 141 Å². The second-order valence-electron chi connectivity index (χ2n) is 5.62. The van der Waals surface area contributed by atoms with E-state index in [9.17, 15) is 13.2 Å². The third kappa shape index (κ3) is 3.24. The molecule has 0 atom stereocenters. The van der Waals surface area contributed by atoms with Crippen LogP contribution in [0.1, 0.15) is 17.0 Å². The maximum Gasteiger partial charge on any atom is 0.451 e. The normalized spacial score (nSPS) is 11.5. The molecule has 3 aromatic rings. The number of fused-ring (bicyclic) bond motifs is 1. The first-order chi connectivity index (χ1) is 11.8. The van der Waals surface area contributed by atoms with Gasteiger partial charge in [0, 0.05) is 14.1 Å². The highest BCUT2D eigenvalue weighted by molar-refractivity contribution is 5.83. The molecule has 128 valence electrons. The minimum Gasteiger partial charge on any atom is -0.361 e.